The second-order valence-electron chi connectivity index (χ2n) is 2.63. The molecule has 1 unspecified atom stereocenters. The van der Waals surface area contributed by atoms with Crippen LogP contribution in [0.25, 0.3) is 0 Å². The fourth-order valence-corrected chi connectivity index (χ4v) is 0.894. The highest BCUT2D eigenvalue weighted by Gasteiger charge is 1.99. The lowest BCUT2D eigenvalue weighted by atomic mass is 10.2. The molecule has 1 heterocycles. The van der Waals surface area contributed by atoms with Crippen molar-refractivity contribution >= 4 is 12.4 Å². The van der Waals surface area contributed by atoms with Gasteiger partial charge in [-0.15, -0.1) is 12.4 Å². The van der Waals surface area contributed by atoms with Crippen LogP contribution in [0.15, 0.2) is 18.2 Å². The van der Waals surface area contributed by atoms with Crippen LogP contribution in [0.5, 0.6) is 0 Å². The molecule has 0 aliphatic rings. The van der Waals surface area contributed by atoms with Crippen LogP contribution in [0.3, 0.4) is 0 Å². The molecule has 1 rings (SSSR count). The molecule has 0 amide bonds. The fourth-order valence-electron chi connectivity index (χ4n) is 0.894. The molecule has 0 radical (unpaired) electrons. The van der Waals surface area contributed by atoms with Gasteiger partial charge in [-0.3, -0.25) is 0 Å². The molecule has 0 fully saturated rings. The summed E-state index contributed by atoms with van der Waals surface area (Å²) in [6, 6.07) is 4.77. The van der Waals surface area contributed by atoms with Crippen molar-refractivity contribution in [2.45, 2.75) is 19.4 Å². The van der Waals surface area contributed by atoms with Crippen LogP contribution >= 0.6 is 12.4 Å². The molecule has 68 valence electrons. The highest BCUT2D eigenvalue weighted by molar-refractivity contribution is 5.85. The summed E-state index contributed by atoms with van der Waals surface area (Å²) in [5.41, 5.74) is 6.22. The lowest BCUT2D eigenvalue weighted by Gasteiger charge is -2.02. The highest BCUT2D eigenvalue weighted by atomic mass is 35.5. The Morgan fingerprint density at radius 2 is 2.25 bits per heavy atom. The Bertz CT molecular complexity index is 240. The summed E-state index contributed by atoms with van der Waals surface area (Å²) in [5, 5.41) is 0. The maximum absolute atomic E-state index is 12.5. The zero-order chi connectivity index (χ0) is 8.27. The molecule has 1 aromatic heterocycles. The fraction of sp³-hybridized carbons (Fsp3) is 0.375. The number of nitrogens with two attached hydrogens (primary N) is 1. The van der Waals surface area contributed by atoms with Crippen LogP contribution in [0.4, 0.5) is 4.39 Å². The molecule has 0 bridgehead atoms. The van der Waals surface area contributed by atoms with Gasteiger partial charge < -0.3 is 5.73 Å². The Morgan fingerprint density at radius 1 is 1.58 bits per heavy atom. The molecule has 0 saturated heterocycles. The van der Waals surface area contributed by atoms with E-state index in [-0.39, 0.29) is 18.4 Å². The van der Waals surface area contributed by atoms with E-state index >= 15 is 0 Å². The van der Waals surface area contributed by atoms with Crippen molar-refractivity contribution in [1.29, 1.82) is 0 Å². The molecule has 0 aliphatic carbocycles. The minimum atomic E-state index is -0.442. The van der Waals surface area contributed by atoms with E-state index in [9.17, 15) is 4.39 Å². The SMILES string of the molecule is CC(N)Cc1cccc(F)n1.Cl. The van der Waals surface area contributed by atoms with Crippen molar-refractivity contribution in [3.63, 3.8) is 0 Å². The van der Waals surface area contributed by atoms with Crippen molar-refractivity contribution in [3.05, 3.63) is 29.8 Å². The van der Waals surface area contributed by atoms with Gasteiger partial charge in [0.2, 0.25) is 5.95 Å². The van der Waals surface area contributed by atoms with E-state index < -0.39 is 5.95 Å². The van der Waals surface area contributed by atoms with Crippen molar-refractivity contribution in [3.8, 4) is 0 Å². The molecule has 0 saturated carbocycles. The number of pyridine rings is 1. The lowest BCUT2D eigenvalue weighted by molar-refractivity contribution is 0.571. The second-order valence-corrected chi connectivity index (χ2v) is 2.63. The van der Waals surface area contributed by atoms with Gasteiger partial charge in [0.25, 0.3) is 0 Å². The van der Waals surface area contributed by atoms with E-state index in [0.717, 1.165) is 0 Å². The van der Waals surface area contributed by atoms with Gasteiger partial charge in [0.05, 0.1) is 0 Å². The number of nitrogens with zero attached hydrogens (tertiary/aromatic N) is 1. The van der Waals surface area contributed by atoms with Gasteiger partial charge in [-0.05, 0) is 19.1 Å². The first-order valence-electron chi connectivity index (χ1n) is 3.55. The van der Waals surface area contributed by atoms with Crippen molar-refractivity contribution in [2.75, 3.05) is 0 Å². The average Bonchev–Trinajstić information content (AvgIpc) is 1.85. The highest BCUT2D eigenvalue weighted by Crippen LogP contribution is 1.99. The van der Waals surface area contributed by atoms with E-state index in [0.29, 0.717) is 12.1 Å². The summed E-state index contributed by atoms with van der Waals surface area (Å²) < 4.78 is 12.5. The van der Waals surface area contributed by atoms with E-state index in [1.54, 1.807) is 12.1 Å². The molecule has 1 atom stereocenters. The minimum Gasteiger partial charge on any atom is -0.328 e. The first kappa shape index (κ1) is 11.3. The van der Waals surface area contributed by atoms with Crippen LogP contribution in [-0.2, 0) is 6.42 Å². The summed E-state index contributed by atoms with van der Waals surface area (Å²) >= 11 is 0. The maximum Gasteiger partial charge on any atom is 0.213 e. The van der Waals surface area contributed by atoms with Crippen LogP contribution < -0.4 is 5.73 Å². The number of rotatable bonds is 2. The van der Waals surface area contributed by atoms with Gasteiger partial charge in [-0.2, -0.15) is 4.39 Å². The topological polar surface area (TPSA) is 38.9 Å². The molecule has 12 heavy (non-hydrogen) atoms. The normalized spacial score (nSPS) is 11.9. The number of hydrogen-bond donors (Lipinski definition) is 1. The van der Waals surface area contributed by atoms with Crippen LogP contribution in [0, 0.1) is 5.95 Å². The molecule has 0 aliphatic heterocycles. The van der Waals surface area contributed by atoms with Crippen molar-refractivity contribution in [1.82, 2.24) is 4.98 Å². The van der Waals surface area contributed by atoms with Crippen LogP contribution in [0.1, 0.15) is 12.6 Å². The average molecular weight is 191 g/mol. The number of halogens is 2. The summed E-state index contributed by atoms with van der Waals surface area (Å²) in [6.45, 7) is 1.87. The van der Waals surface area contributed by atoms with Crippen molar-refractivity contribution in [2.24, 2.45) is 5.73 Å². The Hall–Kier alpha value is -0.670. The van der Waals surface area contributed by atoms with Gasteiger partial charge in [-0.1, -0.05) is 6.07 Å². The van der Waals surface area contributed by atoms with Gasteiger partial charge in [-0.25, -0.2) is 4.98 Å². The van der Waals surface area contributed by atoms with Gasteiger partial charge >= 0.3 is 0 Å². The van der Waals surface area contributed by atoms with Gasteiger partial charge in [0.15, 0.2) is 0 Å². The summed E-state index contributed by atoms with van der Waals surface area (Å²) in [7, 11) is 0. The molecule has 2 N–H and O–H groups in total. The lowest BCUT2D eigenvalue weighted by Crippen LogP contribution is -2.18. The van der Waals surface area contributed by atoms with Crippen molar-refractivity contribution < 1.29 is 4.39 Å². The van der Waals surface area contributed by atoms with Crippen LogP contribution in [0.2, 0.25) is 0 Å². The maximum atomic E-state index is 12.5. The zero-order valence-electron chi connectivity index (χ0n) is 6.83. The molecular weight excluding hydrogens is 179 g/mol. The standard InChI is InChI=1S/C8H11FN2.ClH/c1-6(10)5-7-3-2-4-8(9)11-7;/h2-4,6H,5,10H2,1H3;1H. The van der Waals surface area contributed by atoms with E-state index in [4.69, 9.17) is 5.73 Å². The Balaban J connectivity index is 0.00000121. The summed E-state index contributed by atoms with van der Waals surface area (Å²) in [6.07, 6.45) is 0.623. The minimum absolute atomic E-state index is 0. The zero-order valence-corrected chi connectivity index (χ0v) is 7.64. The smallest absolute Gasteiger partial charge is 0.213 e. The second kappa shape index (κ2) is 5.06. The Morgan fingerprint density at radius 3 is 2.75 bits per heavy atom. The Labute approximate surface area is 77.4 Å². The number of aromatic nitrogens is 1. The molecular formula is C8H12ClFN2. The monoisotopic (exact) mass is 190 g/mol. The third-order valence-electron chi connectivity index (χ3n) is 1.30. The van der Waals surface area contributed by atoms with E-state index in [1.807, 2.05) is 6.92 Å². The quantitative estimate of drug-likeness (QED) is 0.719. The Kier molecular flexibility index (Phi) is 4.78. The molecule has 0 spiro atoms. The summed E-state index contributed by atoms with van der Waals surface area (Å²) in [5.74, 6) is -0.442. The predicted molar refractivity (Wildman–Crippen MR) is 48.8 cm³/mol. The molecule has 1 aromatic rings. The first-order valence-corrected chi connectivity index (χ1v) is 3.55. The molecule has 4 heteroatoms. The van der Waals surface area contributed by atoms with Crippen LogP contribution in [-0.4, -0.2) is 11.0 Å². The third kappa shape index (κ3) is 3.64. The van der Waals surface area contributed by atoms with E-state index in [1.165, 1.54) is 6.07 Å². The first-order chi connectivity index (χ1) is 5.18. The predicted octanol–water partition coefficient (Wildman–Crippen LogP) is 1.53. The van der Waals surface area contributed by atoms with E-state index in [2.05, 4.69) is 4.98 Å². The van der Waals surface area contributed by atoms with Gasteiger partial charge in [0, 0.05) is 18.2 Å². The summed E-state index contributed by atoms with van der Waals surface area (Å²) in [4.78, 5) is 3.67. The molecule has 0 aromatic carbocycles. The third-order valence-corrected chi connectivity index (χ3v) is 1.30. The number of hydrogen-bond acceptors (Lipinski definition) is 2. The largest absolute Gasteiger partial charge is 0.328 e. The van der Waals surface area contributed by atoms with Gasteiger partial charge in [0.1, 0.15) is 0 Å². The molecule has 2 nitrogen and oxygen atoms in total.